The highest BCUT2D eigenvalue weighted by Gasteiger charge is 2.42. The summed E-state index contributed by atoms with van der Waals surface area (Å²) in [5.74, 6) is -0.733. The zero-order valence-electron chi connectivity index (χ0n) is 9.50. The fourth-order valence-corrected chi connectivity index (χ4v) is 1.56. The molecule has 0 bridgehead atoms. The maximum absolute atomic E-state index is 10.4. The first kappa shape index (κ1) is 12.9. The van der Waals surface area contributed by atoms with Gasteiger partial charge in [-0.1, -0.05) is 0 Å². The minimum absolute atomic E-state index is 0.257. The summed E-state index contributed by atoms with van der Waals surface area (Å²) in [6.07, 6.45) is -2.15. The molecule has 0 radical (unpaired) electrons. The van der Waals surface area contributed by atoms with E-state index in [1.165, 1.54) is 7.11 Å². The van der Waals surface area contributed by atoms with E-state index in [9.17, 15) is 4.79 Å². The number of methoxy groups -OCH3 is 1. The molecule has 1 fully saturated rings. The second-order valence-electron chi connectivity index (χ2n) is 3.85. The lowest BCUT2D eigenvalue weighted by atomic mass is 10.1. The zero-order valence-corrected chi connectivity index (χ0v) is 9.50. The van der Waals surface area contributed by atoms with Gasteiger partial charge in [-0.3, -0.25) is 4.79 Å². The van der Waals surface area contributed by atoms with E-state index < -0.39 is 24.1 Å². The summed E-state index contributed by atoms with van der Waals surface area (Å²) in [5, 5.41) is 8.85. The van der Waals surface area contributed by atoms with Gasteiger partial charge in [0.25, 0.3) is 6.47 Å². The molecular weight excluding hydrogens is 214 g/mol. The Bertz CT molecular complexity index is 285. The van der Waals surface area contributed by atoms with Gasteiger partial charge in [0.05, 0.1) is 12.7 Å². The second-order valence-corrected chi connectivity index (χ2v) is 3.85. The number of ether oxygens (including phenoxy) is 4. The van der Waals surface area contributed by atoms with Crippen molar-refractivity contribution in [2.24, 2.45) is 0 Å². The molecule has 1 heterocycles. The molecule has 90 valence electrons. The molecule has 0 aromatic heterocycles. The van der Waals surface area contributed by atoms with Crippen molar-refractivity contribution in [3.63, 3.8) is 0 Å². The molecule has 1 saturated heterocycles. The average molecular weight is 229 g/mol. The van der Waals surface area contributed by atoms with Gasteiger partial charge in [-0.15, -0.1) is 0 Å². The van der Waals surface area contributed by atoms with E-state index in [2.05, 4.69) is 0 Å². The van der Waals surface area contributed by atoms with Crippen molar-refractivity contribution >= 4 is 6.47 Å². The van der Waals surface area contributed by atoms with Gasteiger partial charge in [0.15, 0.2) is 18.0 Å². The van der Waals surface area contributed by atoms with E-state index in [4.69, 9.17) is 24.2 Å². The van der Waals surface area contributed by atoms with Crippen molar-refractivity contribution in [3.05, 3.63) is 0 Å². The smallest absolute Gasteiger partial charge is 0.293 e. The summed E-state index contributed by atoms with van der Waals surface area (Å²) in [7, 11) is 1.37. The van der Waals surface area contributed by atoms with E-state index in [1.54, 1.807) is 13.8 Å². The van der Waals surface area contributed by atoms with Crippen LogP contribution in [0.2, 0.25) is 0 Å². The van der Waals surface area contributed by atoms with E-state index in [0.29, 0.717) is 0 Å². The van der Waals surface area contributed by atoms with Gasteiger partial charge in [0.2, 0.25) is 0 Å². The maximum Gasteiger partial charge on any atom is 0.293 e. The number of carbonyl (C=O) groups is 1. The van der Waals surface area contributed by atoms with Crippen LogP contribution in [0.3, 0.4) is 0 Å². The van der Waals surface area contributed by atoms with Crippen LogP contribution in [0.1, 0.15) is 13.8 Å². The lowest BCUT2D eigenvalue weighted by Crippen LogP contribution is -2.42. The fraction of sp³-hybridized carbons (Fsp3) is 0.800. The van der Waals surface area contributed by atoms with Gasteiger partial charge in [-0.2, -0.15) is 5.26 Å². The Hall–Kier alpha value is -1.16. The molecule has 0 aromatic rings. The number of hydrogen-bond donors (Lipinski definition) is 0. The van der Waals surface area contributed by atoms with Gasteiger partial charge in [-0.25, -0.2) is 0 Å². The van der Waals surface area contributed by atoms with Crippen molar-refractivity contribution in [3.8, 4) is 6.07 Å². The summed E-state index contributed by atoms with van der Waals surface area (Å²) in [6.45, 7) is 4.04. The molecule has 1 aliphatic rings. The summed E-state index contributed by atoms with van der Waals surface area (Å²) in [4.78, 5) is 10.4. The number of nitrogens with zero attached hydrogens (tertiary/aromatic N) is 1. The molecular formula is C10H15NO5. The first-order valence-corrected chi connectivity index (χ1v) is 4.87. The summed E-state index contributed by atoms with van der Waals surface area (Å²) >= 11 is 0. The second kappa shape index (κ2) is 5.25. The van der Waals surface area contributed by atoms with Crippen LogP contribution in [0.15, 0.2) is 0 Å². The summed E-state index contributed by atoms with van der Waals surface area (Å²) in [5.41, 5.74) is 0. The van der Waals surface area contributed by atoms with Crippen LogP contribution in [0, 0.1) is 11.3 Å². The van der Waals surface area contributed by atoms with Gasteiger partial charge in [0.1, 0.15) is 6.10 Å². The molecule has 0 aliphatic carbocycles. The molecule has 1 aliphatic heterocycles. The largest absolute Gasteiger partial charge is 0.458 e. The van der Waals surface area contributed by atoms with E-state index in [0.717, 1.165) is 0 Å². The maximum atomic E-state index is 10.4. The predicted octanol–water partition coefficient (Wildman–Crippen LogP) is 0.218. The Kier molecular flexibility index (Phi) is 4.24. The third-order valence-electron chi connectivity index (χ3n) is 2.29. The van der Waals surface area contributed by atoms with Gasteiger partial charge in [0, 0.05) is 7.11 Å². The molecule has 0 amide bonds. The van der Waals surface area contributed by atoms with E-state index >= 15 is 0 Å². The Balaban J connectivity index is 2.71. The molecule has 0 aromatic carbocycles. The van der Waals surface area contributed by atoms with Crippen molar-refractivity contribution in [1.29, 1.82) is 5.26 Å². The van der Waals surface area contributed by atoms with Crippen molar-refractivity contribution in [1.82, 2.24) is 0 Å². The highest BCUT2D eigenvalue weighted by molar-refractivity contribution is 5.38. The zero-order chi connectivity index (χ0) is 12.2. The topological polar surface area (TPSA) is 77.8 Å². The molecule has 0 N–H and O–H groups in total. The van der Waals surface area contributed by atoms with Crippen LogP contribution >= 0.6 is 0 Å². The molecule has 0 unspecified atom stereocenters. The third kappa shape index (κ3) is 2.92. The molecule has 0 spiro atoms. The minimum Gasteiger partial charge on any atom is -0.458 e. The van der Waals surface area contributed by atoms with Crippen molar-refractivity contribution < 1.29 is 23.7 Å². The Morgan fingerprint density at radius 3 is 2.69 bits per heavy atom. The molecule has 16 heavy (non-hydrogen) atoms. The molecule has 3 atom stereocenters. The third-order valence-corrected chi connectivity index (χ3v) is 2.29. The molecule has 0 saturated carbocycles. The normalized spacial score (nSPS) is 26.8. The van der Waals surface area contributed by atoms with Crippen molar-refractivity contribution in [2.75, 3.05) is 13.7 Å². The molecule has 1 rings (SSSR count). The first-order chi connectivity index (χ1) is 7.54. The average Bonchev–Trinajstić information content (AvgIpc) is 2.59. The van der Waals surface area contributed by atoms with Crippen LogP contribution in [0.25, 0.3) is 0 Å². The summed E-state index contributed by atoms with van der Waals surface area (Å²) < 4.78 is 20.6. The number of nitriles is 1. The number of rotatable bonds is 5. The van der Waals surface area contributed by atoms with E-state index in [1.807, 2.05) is 6.07 Å². The van der Waals surface area contributed by atoms with Gasteiger partial charge >= 0.3 is 0 Å². The molecule has 6 heteroatoms. The van der Waals surface area contributed by atoms with Gasteiger partial charge in [-0.05, 0) is 13.8 Å². The Morgan fingerprint density at radius 1 is 1.62 bits per heavy atom. The minimum atomic E-state index is -0.868. The van der Waals surface area contributed by atoms with Crippen LogP contribution in [-0.4, -0.2) is 44.3 Å². The lowest BCUT2D eigenvalue weighted by Gasteiger charge is -2.25. The highest BCUT2D eigenvalue weighted by atomic mass is 16.8. The predicted molar refractivity (Wildman–Crippen MR) is 52.3 cm³/mol. The Labute approximate surface area is 94.0 Å². The monoisotopic (exact) mass is 229 g/mol. The SMILES string of the molecule is CO[C@H](C#N)[C@H](OC=O)[C@H]1COC(C)(C)O1. The first-order valence-electron chi connectivity index (χ1n) is 4.87. The van der Waals surface area contributed by atoms with Crippen LogP contribution in [0.5, 0.6) is 0 Å². The fourth-order valence-electron chi connectivity index (χ4n) is 1.56. The highest BCUT2D eigenvalue weighted by Crippen LogP contribution is 2.26. The summed E-state index contributed by atoms with van der Waals surface area (Å²) in [6, 6.07) is 1.90. The number of carbonyl (C=O) groups excluding carboxylic acids is 1. The van der Waals surface area contributed by atoms with E-state index in [-0.39, 0.29) is 13.1 Å². The number of hydrogen-bond acceptors (Lipinski definition) is 6. The van der Waals surface area contributed by atoms with Crippen molar-refractivity contribution in [2.45, 2.75) is 37.9 Å². The quantitative estimate of drug-likeness (QED) is 0.627. The van der Waals surface area contributed by atoms with Crippen LogP contribution < -0.4 is 0 Å². The standard InChI is InChI=1S/C10H15NO5/c1-10(2)15-5-8(16-10)9(14-6-12)7(4-11)13-3/h6-9H,5H2,1-3H3/t7-,8-,9+/m1/s1. The van der Waals surface area contributed by atoms with Crippen LogP contribution in [0.4, 0.5) is 0 Å². The molecule has 6 nitrogen and oxygen atoms in total. The van der Waals surface area contributed by atoms with Gasteiger partial charge < -0.3 is 18.9 Å². The lowest BCUT2D eigenvalue weighted by molar-refractivity contribution is -0.171. The Morgan fingerprint density at radius 2 is 2.31 bits per heavy atom. The van der Waals surface area contributed by atoms with Crippen LogP contribution in [-0.2, 0) is 23.7 Å².